The van der Waals surface area contributed by atoms with Crippen molar-refractivity contribution in [3.63, 3.8) is 0 Å². The topological polar surface area (TPSA) is 38.0 Å². The van der Waals surface area contributed by atoms with Crippen LogP contribution >= 0.6 is 0 Å². The second kappa shape index (κ2) is 7.36. The quantitative estimate of drug-likeness (QED) is 0.847. The van der Waals surface area contributed by atoms with E-state index in [0.29, 0.717) is 18.9 Å². The predicted octanol–water partition coefficient (Wildman–Crippen LogP) is 3.53. The van der Waals surface area contributed by atoms with Crippen molar-refractivity contribution in [3.8, 4) is 0 Å². The summed E-state index contributed by atoms with van der Waals surface area (Å²) in [7, 11) is 0. The second-order valence-electron chi connectivity index (χ2n) is 5.45. The lowest BCUT2D eigenvalue weighted by Crippen LogP contribution is -2.15. The summed E-state index contributed by atoms with van der Waals surface area (Å²) in [6.07, 6.45) is 4.62. The van der Waals surface area contributed by atoms with Crippen molar-refractivity contribution in [2.45, 2.75) is 51.7 Å². The average molecular weight is 290 g/mol. The third-order valence-corrected chi connectivity index (χ3v) is 3.81. The van der Waals surface area contributed by atoms with Crippen LogP contribution in [0, 0.1) is 5.82 Å². The molecule has 21 heavy (non-hydrogen) atoms. The van der Waals surface area contributed by atoms with E-state index in [2.05, 4.69) is 18.9 Å². The standard InChI is InChI=1S/C17H23FN2O/c1-3-16(4-2)20-10-9-15(19-20)12-17(21)11-13-5-7-14(18)8-6-13/h5-10,16-17,21H,3-4,11-12H2,1-2H3. The molecular formula is C17H23FN2O. The van der Waals surface area contributed by atoms with Gasteiger partial charge in [0, 0.05) is 12.6 Å². The van der Waals surface area contributed by atoms with Crippen LogP contribution in [0.25, 0.3) is 0 Å². The molecule has 0 aliphatic heterocycles. The van der Waals surface area contributed by atoms with Gasteiger partial charge >= 0.3 is 0 Å². The first-order chi connectivity index (χ1) is 10.1. The molecule has 0 aliphatic carbocycles. The summed E-state index contributed by atoms with van der Waals surface area (Å²) in [4.78, 5) is 0. The van der Waals surface area contributed by atoms with Gasteiger partial charge in [0.2, 0.25) is 0 Å². The SMILES string of the molecule is CCC(CC)n1ccc(CC(O)Cc2ccc(F)cc2)n1. The van der Waals surface area contributed by atoms with E-state index in [4.69, 9.17) is 0 Å². The molecule has 2 aromatic rings. The molecule has 1 aromatic heterocycles. The Hall–Kier alpha value is -1.68. The lowest BCUT2D eigenvalue weighted by Gasteiger charge is -2.13. The number of benzene rings is 1. The van der Waals surface area contributed by atoms with Crippen LogP contribution in [-0.2, 0) is 12.8 Å². The van der Waals surface area contributed by atoms with Crippen LogP contribution in [0.3, 0.4) is 0 Å². The molecule has 2 rings (SSSR count). The molecule has 1 unspecified atom stereocenters. The number of aromatic nitrogens is 2. The van der Waals surface area contributed by atoms with Crippen LogP contribution in [0.5, 0.6) is 0 Å². The molecule has 4 heteroatoms. The summed E-state index contributed by atoms with van der Waals surface area (Å²) in [5, 5.41) is 14.7. The van der Waals surface area contributed by atoms with Gasteiger partial charge in [0.25, 0.3) is 0 Å². The largest absolute Gasteiger partial charge is 0.392 e. The van der Waals surface area contributed by atoms with Gasteiger partial charge in [0.1, 0.15) is 5.82 Å². The number of aliphatic hydroxyl groups excluding tert-OH is 1. The smallest absolute Gasteiger partial charge is 0.123 e. The minimum Gasteiger partial charge on any atom is -0.392 e. The third kappa shape index (κ3) is 4.39. The van der Waals surface area contributed by atoms with Crippen molar-refractivity contribution in [2.24, 2.45) is 0 Å². The van der Waals surface area contributed by atoms with Crippen LogP contribution in [0.2, 0.25) is 0 Å². The van der Waals surface area contributed by atoms with Gasteiger partial charge in [-0.25, -0.2) is 4.39 Å². The fraction of sp³-hybridized carbons (Fsp3) is 0.471. The molecule has 114 valence electrons. The number of nitrogens with zero attached hydrogens (tertiary/aromatic N) is 2. The van der Waals surface area contributed by atoms with Crippen LogP contribution in [0.15, 0.2) is 36.5 Å². The fourth-order valence-electron chi connectivity index (χ4n) is 2.56. The van der Waals surface area contributed by atoms with Crippen molar-refractivity contribution in [2.75, 3.05) is 0 Å². The molecule has 3 nitrogen and oxygen atoms in total. The molecule has 0 saturated carbocycles. The third-order valence-electron chi connectivity index (χ3n) is 3.81. The first-order valence-electron chi connectivity index (χ1n) is 7.58. The van der Waals surface area contributed by atoms with E-state index in [1.807, 2.05) is 16.9 Å². The van der Waals surface area contributed by atoms with E-state index >= 15 is 0 Å². The fourth-order valence-corrected chi connectivity index (χ4v) is 2.56. The van der Waals surface area contributed by atoms with E-state index in [1.54, 1.807) is 12.1 Å². The Morgan fingerprint density at radius 2 is 1.76 bits per heavy atom. The average Bonchev–Trinajstić information content (AvgIpc) is 2.91. The van der Waals surface area contributed by atoms with Gasteiger partial charge in [-0.05, 0) is 43.0 Å². The maximum atomic E-state index is 12.8. The van der Waals surface area contributed by atoms with Crippen LogP contribution in [0.1, 0.15) is 44.0 Å². The Bertz CT molecular complexity index is 546. The van der Waals surface area contributed by atoms with Crippen molar-refractivity contribution in [1.82, 2.24) is 9.78 Å². The summed E-state index contributed by atoms with van der Waals surface area (Å²) >= 11 is 0. The first-order valence-corrected chi connectivity index (χ1v) is 7.58. The highest BCUT2D eigenvalue weighted by atomic mass is 19.1. The summed E-state index contributed by atoms with van der Waals surface area (Å²) in [5.41, 5.74) is 1.83. The van der Waals surface area contributed by atoms with Gasteiger partial charge in [-0.1, -0.05) is 26.0 Å². The highest BCUT2D eigenvalue weighted by molar-refractivity contribution is 5.17. The lowest BCUT2D eigenvalue weighted by atomic mass is 10.0. The van der Waals surface area contributed by atoms with Gasteiger partial charge in [-0.3, -0.25) is 4.68 Å². The van der Waals surface area contributed by atoms with Crippen LogP contribution in [-0.4, -0.2) is 21.0 Å². The van der Waals surface area contributed by atoms with Gasteiger partial charge < -0.3 is 5.11 Å². The lowest BCUT2D eigenvalue weighted by molar-refractivity contribution is 0.173. The van der Waals surface area contributed by atoms with E-state index in [9.17, 15) is 9.50 Å². The van der Waals surface area contributed by atoms with Gasteiger partial charge in [0.05, 0.1) is 17.8 Å². The normalized spacial score (nSPS) is 12.8. The molecule has 0 spiro atoms. The molecule has 0 radical (unpaired) electrons. The van der Waals surface area contributed by atoms with Gasteiger partial charge in [0.15, 0.2) is 0 Å². The Balaban J connectivity index is 1.93. The molecule has 1 heterocycles. The molecular weight excluding hydrogens is 267 g/mol. The second-order valence-corrected chi connectivity index (χ2v) is 5.45. The Labute approximate surface area is 125 Å². The summed E-state index contributed by atoms with van der Waals surface area (Å²) < 4.78 is 14.8. The van der Waals surface area contributed by atoms with Crippen LogP contribution < -0.4 is 0 Å². The molecule has 0 fully saturated rings. The zero-order valence-electron chi connectivity index (χ0n) is 12.7. The van der Waals surface area contributed by atoms with E-state index < -0.39 is 6.10 Å². The maximum absolute atomic E-state index is 12.8. The minimum atomic E-state index is -0.500. The molecule has 1 N–H and O–H groups in total. The molecule has 1 atom stereocenters. The zero-order valence-corrected chi connectivity index (χ0v) is 12.7. The number of aliphatic hydroxyl groups is 1. The highest BCUT2D eigenvalue weighted by Crippen LogP contribution is 2.15. The molecule has 0 bridgehead atoms. The molecule has 0 aliphatic rings. The predicted molar refractivity (Wildman–Crippen MR) is 81.7 cm³/mol. The Kier molecular flexibility index (Phi) is 5.51. The van der Waals surface area contributed by atoms with E-state index in [1.165, 1.54) is 12.1 Å². The van der Waals surface area contributed by atoms with Crippen molar-refractivity contribution < 1.29 is 9.50 Å². The highest BCUT2D eigenvalue weighted by Gasteiger charge is 2.12. The van der Waals surface area contributed by atoms with Crippen LogP contribution in [0.4, 0.5) is 4.39 Å². The molecule has 0 saturated heterocycles. The van der Waals surface area contributed by atoms with Gasteiger partial charge in [-0.2, -0.15) is 5.10 Å². The number of halogens is 1. The Morgan fingerprint density at radius 1 is 1.10 bits per heavy atom. The van der Waals surface area contributed by atoms with Crippen molar-refractivity contribution in [1.29, 1.82) is 0 Å². The monoisotopic (exact) mass is 290 g/mol. The molecule has 1 aromatic carbocycles. The van der Waals surface area contributed by atoms with Crippen molar-refractivity contribution in [3.05, 3.63) is 53.6 Å². The molecule has 0 amide bonds. The number of hydrogen-bond donors (Lipinski definition) is 1. The number of rotatable bonds is 7. The zero-order chi connectivity index (χ0) is 15.2. The summed E-state index contributed by atoms with van der Waals surface area (Å²) in [6, 6.07) is 8.65. The first kappa shape index (κ1) is 15.7. The number of hydrogen-bond acceptors (Lipinski definition) is 2. The van der Waals surface area contributed by atoms with E-state index in [-0.39, 0.29) is 5.82 Å². The Morgan fingerprint density at radius 3 is 2.38 bits per heavy atom. The maximum Gasteiger partial charge on any atom is 0.123 e. The summed E-state index contributed by atoms with van der Waals surface area (Å²) in [5.74, 6) is -0.253. The van der Waals surface area contributed by atoms with E-state index in [0.717, 1.165) is 24.1 Å². The summed E-state index contributed by atoms with van der Waals surface area (Å²) in [6.45, 7) is 4.30. The van der Waals surface area contributed by atoms with Crippen molar-refractivity contribution >= 4 is 0 Å². The van der Waals surface area contributed by atoms with Gasteiger partial charge in [-0.15, -0.1) is 0 Å². The minimum absolute atomic E-state index is 0.253.